The summed E-state index contributed by atoms with van der Waals surface area (Å²) in [5, 5.41) is 3.28. The third kappa shape index (κ3) is 1.86. The lowest BCUT2D eigenvalue weighted by molar-refractivity contribution is -0.110. The first-order valence-electron chi connectivity index (χ1n) is 6.84. The van der Waals surface area contributed by atoms with Crippen molar-refractivity contribution in [1.29, 1.82) is 0 Å². The van der Waals surface area contributed by atoms with Crippen molar-refractivity contribution in [2.75, 3.05) is 11.9 Å². The Balaban J connectivity index is 1.84. The number of benzene rings is 1. The van der Waals surface area contributed by atoms with Crippen molar-refractivity contribution in [1.82, 2.24) is 4.98 Å². The Bertz CT molecular complexity index is 851. The van der Waals surface area contributed by atoms with Gasteiger partial charge in [0.1, 0.15) is 0 Å². The molecule has 5 nitrogen and oxygen atoms in total. The fraction of sp³-hybridized carbons (Fsp3) is 0.125. The van der Waals surface area contributed by atoms with Crippen molar-refractivity contribution in [2.24, 2.45) is 0 Å². The Morgan fingerprint density at radius 3 is 2.95 bits per heavy atom. The van der Waals surface area contributed by atoms with E-state index >= 15 is 0 Å². The van der Waals surface area contributed by atoms with Gasteiger partial charge in [0.25, 0.3) is 5.91 Å². The van der Waals surface area contributed by atoms with E-state index in [-0.39, 0.29) is 11.9 Å². The Hall–Kier alpha value is -2.53. The van der Waals surface area contributed by atoms with E-state index in [1.807, 2.05) is 6.07 Å². The van der Waals surface area contributed by atoms with E-state index in [9.17, 15) is 9.59 Å². The quantitative estimate of drug-likeness (QED) is 0.628. The number of cyclic esters (lactones) is 1. The average molecular weight is 315 g/mol. The normalized spacial score (nSPS) is 18.0. The molecule has 2 aromatic rings. The molecule has 0 radical (unpaired) electrons. The molecule has 2 aliphatic rings. The van der Waals surface area contributed by atoms with Crippen LogP contribution >= 0.6 is 11.6 Å². The van der Waals surface area contributed by atoms with Crippen LogP contribution in [0.5, 0.6) is 0 Å². The van der Waals surface area contributed by atoms with Gasteiger partial charge in [-0.1, -0.05) is 23.7 Å². The van der Waals surface area contributed by atoms with Gasteiger partial charge in [0.2, 0.25) is 0 Å². The van der Waals surface area contributed by atoms with Crippen LogP contribution in [0.2, 0.25) is 5.02 Å². The van der Waals surface area contributed by atoms with Crippen molar-refractivity contribution in [2.45, 2.75) is 6.42 Å². The van der Waals surface area contributed by atoms with E-state index in [1.165, 1.54) is 0 Å². The number of aromatic nitrogens is 1. The molecule has 3 heterocycles. The summed E-state index contributed by atoms with van der Waals surface area (Å²) < 4.78 is 5.00. The minimum absolute atomic E-state index is 0.204. The number of aromatic amines is 1. The van der Waals surface area contributed by atoms with E-state index < -0.39 is 0 Å². The van der Waals surface area contributed by atoms with Gasteiger partial charge in [0, 0.05) is 23.9 Å². The lowest BCUT2D eigenvalue weighted by Crippen LogP contribution is -2.16. The molecule has 0 saturated carbocycles. The van der Waals surface area contributed by atoms with Gasteiger partial charge in [-0.3, -0.25) is 4.79 Å². The summed E-state index contributed by atoms with van der Waals surface area (Å²) >= 11 is 6.11. The summed E-state index contributed by atoms with van der Waals surface area (Å²) in [4.78, 5) is 26.9. The number of carbonyl (C=O) groups excluding carboxylic acids is 2. The maximum absolute atomic E-state index is 12.2. The second-order valence-electron chi connectivity index (χ2n) is 5.16. The largest absolute Gasteiger partial charge is 0.462 e. The molecule has 1 aromatic carbocycles. The standard InChI is InChI=1S/C16H11ClN2O3/c17-12-3-1-2-9-10(15(20)19-14(9)12)6-13-8-4-5-22-16(21)11(8)7-18-13/h1-3,6-7,18H,4-5H2,(H,19,20)/b10-6-. The molecule has 6 heteroatoms. The molecule has 2 aliphatic heterocycles. The zero-order valence-electron chi connectivity index (χ0n) is 11.4. The molecule has 2 N–H and O–H groups in total. The summed E-state index contributed by atoms with van der Waals surface area (Å²) in [6, 6.07) is 5.38. The number of esters is 1. The molecule has 0 unspecified atom stereocenters. The first-order chi connectivity index (χ1) is 10.6. The number of halogens is 1. The van der Waals surface area contributed by atoms with Crippen LogP contribution in [-0.4, -0.2) is 23.5 Å². The van der Waals surface area contributed by atoms with Crippen molar-refractivity contribution in [3.8, 4) is 0 Å². The number of ether oxygens (including phenoxy) is 1. The van der Waals surface area contributed by atoms with Gasteiger partial charge in [-0.2, -0.15) is 0 Å². The van der Waals surface area contributed by atoms with E-state index in [0.29, 0.717) is 34.9 Å². The van der Waals surface area contributed by atoms with Gasteiger partial charge in [0.15, 0.2) is 0 Å². The molecular weight excluding hydrogens is 304 g/mol. The van der Waals surface area contributed by atoms with Crippen molar-refractivity contribution < 1.29 is 14.3 Å². The van der Waals surface area contributed by atoms with E-state index in [2.05, 4.69) is 10.3 Å². The highest BCUT2D eigenvalue weighted by Crippen LogP contribution is 2.38. The van der Waals surface area contributed by atoms with Crippen LogP contribution in [0, 0.1) is 0 Å². The summed E-state index contributed by atoms with van der Waals surface area (Å²) in [5.41, 5.74) is 4.08. The van der Waals surface area contributed by atoms with Gasteiger partial charge < -0.3 is 15.0 Å². The van der Waals surface area contributed by atoms with E-state index in [1.54, 1.807) is 24.4 Å². The first-order valence-corrected chi connectivity index (χ1v) is 7.22. The van der Waals surface area contributed by atoms with Gasteiger partial charge in [0.05, 0.1) is 28.5 Å². The number of nitrogens with one attached hydrogen (secondary N) is 2. The number of amides is 1. The molecular formula is C16H11ClN2O3. The highest BCUT2D eigenvalue weighted by molar-refractivity contribution is 6.41. The van der Waals surface area contributed by atoms with Gasteiger partial charge in [-0.15, -0.1) is 0 Å². The molecule has 1 amide bonds. The van der Waals surface area contributed by atoms with Crippen molar-refractivity contribution in [3.63, 3.8) is 0 Å². The third-order valence-corrected chi connectivity index (χ3v) is 4.22. The Kier molecular flexibility index (Phi) is 2.84. The van der Waals surface area contributed by atoms with Gasteiger partial charge in [-0.05, 0) is 17.7 Å². The van der Waals surface area contributed by atoms with Crippen molar-refractivity contribution >= 4 is 40.8 Å². The predicted octanol–water partition coefficient (Wildman–Crippen LogP) is 2.87. The number of fused-ring (bicyclic) bond motifs is 2. The minimum Gasteiger partial charge on any atom is -0.462 e. The maximum atomic E-state index is 12.2. The number of anilines is 1. The van der Waals surface area contributed by atoms with Gasteiger partial charge >= 0.3 is 5.97 Å². The Labute approximate surface area is 130 Å². The number of H-pyrrole nitrogens is 1. The lowest BCUT2D eigenvalue weighted by atomic mass is 10.0. The van der Waals surface area contributed by atoms with Crippen molar-refractivity contribution in [3.05, 3.63) is 51.8 Å². The molecule has 0 saturated heterocycles. The lowest BCUT2D eigenvalue weighted by Gasteiger charge is -2.12. The molecule has 22 heavy (non-hydrogen) atoms. The fourth-order valence-electron chi connectivity index (χ4n) is 2.84. The number of hydrogen-bond acceptors (Lipinski definition) is 3. The number of hydrogen-bond donors (Lipinski definition) is 2. The number of rotatable bonds is 1. The first kappa shape index (κ1) is 13.2. The highest BCUT2D eigenvalue weighted by atomic mass is 35.5. The molecule has 1 aromatic heterocycles. The fourth-order valence-corrected chi connectivity index (χ4v) is 3.06. The molecule has 0 fully saturated rings. The van der Waals surface area contributed by atoms with Gasteiger partial charge in [-0.25, -0.2) is 4.79 Å². The molecule has 110 valence electrons. The smallest absolute Gasteiger partial charge is 0.339 e. The average Bonchev–Trinajstić information content (AvgIpc) is 3.05. The van der Waals surface area contributed by atoms with Crippen LogP contribution in [0.15, 0.2) is 24.4 Å². The van der Waals surface area contributed by atoms with Crippen LogP contribution in [0.1, 0.15) is 27.2 Å². The number of para-hydroxylation sites is 1. The van der Waals surface area contributed by atoms with Crippen LogP contribution in [-0.2, 0) is 16.0 Å². The topological polar surface area (TPSA) is 71.2 Å². The molecule has 0 atom stereocenters. The minimum atomic E-state index is -0.332. The zero-order chi connectivity index (χ0) is 15.3. The second kappa shape index (κ2) is 4.74. The molecule has 0 spiro atoms. The van der Waals surface area contributed by atoms with E-state index in [4.69, 9.17) is 16.3 Å². The predicted molar refractivity (Wildman–Crippen MR) is 82.7 cm³/mol. The highest BCUT2D eigenvalue weighted by Gasteiger charge is 2.28. The third-order valence-electron chi connectivity index (χ3n) is 3.90. The zero-order valence-corrected chi connectivity index (χ0v) is 12.2. The maximum Gasteiger partial charge on any atom is 0.339 e. The Morgan fingerprint density at radius 2 is 2.09 bits per heavy atom. The SMILES string of the molecule is O=C1Nc2c(Cl)cccc2/C1=C/c1[nH]cc2c1CCOC2=O. The van der Waals surface area contributed by atoms with Crippen LogP contribution in [0.3, 0.4) is 0 Å². The van der Waals surface area contributed by atoms with E-state index in [0.717, 1.165) is 16.8 Å². The van der Waals surface area contributed by atoms with Crippen LogP contribution < -0.4 is 5.32 Å². The summed E-state index contributed by atoms with van der Waals surface area (Å²) in [5.74, 6) is -0.536. The Morgan fingerprint density at radius 1 is 1.23 bits per heavy atom. The van der Waals surface area contributed by atoms with Crippen LogP contribution in [0.4, 0.5) is 5.69 Å². The summed E-state index contributed by atoms with van der Waals surface area (Å²) in [7, 11) is 0. The van der Waals surface area contributed by atoms with Crippen LogP contribution in [0.25, 0.3) is 11.6 Å². The molecule has 0 bridgehead atoms. The summed E-state index contributed by atoms with van der Waals surface area (Å²) in [6.07, 6.45) is 4.01. The number of carbonyl (C=O) groups is 2. The second-order valence-corrected chi connectivity index (χ2v) is 5.56. The molecule has 4 rings (SSSR count). The monoisotopic (exact) mass is 314 g/mol. The molecule has 0 aliphatic carbocycles. The summed E-state index contributed by atoms with van der Waals surface area (Å²) in [6.45, 7) is 0.356.